The Morgan fingerprint density at radius 1 is 0.590 bits per heavy atom. The first kappa shape index (κ1) is 28.3. The zero-order valence-electron chi connectivity index (χ0n) is 22.9. The normalized spacial score (nSPS) is 13.1. The van der Waals surface area contributed by atoms with Gasteiger partial charge in [-0.05, 0) is 62.7 Å². The summed E-state index contributed by atoms with van der Waals surface area (Å²) in [5, 5.41) is 6.66. The Labute approximate surface area is 233 Å². The zero-order valence-corrected chi connectivity index (χ0v) is 22.9. The van der Waals surface area contributed by atoms with Gasteiger partial charge in [0, 0.05) is 11.4 Å². The van der Waals surface area contributed by atoms with Crippen LogP contribution in [0.25, 0.3) is 0 Å². The second-order valence-corrected chi connectivity index (χ2v) is 9.38. The smallest absolute Gasteiger partial charge is 0.311 e. The van der Waals surface area contributed by atoms with Crippen molar-refractivity contribution < 1.29 is 18.8 Å². The summed E-state index contributed by atoms with van der Waals surface area (Å²) in [4.78, 5) is 0. The highest BCUT2D eigenvalue weighted by Gasteiger charge is 2.08. The van der Waals surface area contributed by atoms with Gasteiger partial charge in [-0.25, -0.2) is 0 Å². The molecular formula is C31H36B2N2O4. The van der Waals surface area contributed by atoms with Gasteiger partial charge in [-0.3, -0.25) is 0 Å². The van der Waals surface area contributed by atoms with Crippen molar-refractivity contribution in [1.29, 1.82) is 0 Å². The monoisotopic (exact) mass is 522 g/mol. The molecule has 0 aromatic heterocycles. The molecule has 200 valence electrons. The molecule has 4 rings (SSSR count). The highest BCUT2D eigenvalue weighted by molar-refractivity contribution is 6.47. The maximum absolute atomic E-state index is 5.93. The number of ether oxygens (including phenoxy) is 2. The van der Waals surface area contributed by atoms with Crippen molar-refractivity contribution in [2.75, 3.05) is 10.6 Å². The number of rotatable bonds is 15. The van der Waals surface area contributed by atoms with E-state index in [9.17, 15) is 0 Å². The largest absolute Gasteiger partial charge is 0.465 e. The van der Waals surface area contributed by atoms with E-state index in [4.69, 9.17) is 18.8 Å². The van der Waals surface area contributed by atoms with E-state index < -0.39 is 0 Å². The highest BCUT2D eigenvalue weighted by atomic mass is 16.7. The minimum Gasteiger partial charge on any atom is -0.465 e. The van der Waals surface area contributed by atoms with Gasteiger partial charge in [0.15, 0.2) is 6.29 Å². The lowest BCUT2D eigenvalue weighted by molar-refractivity contribution is -0.0759. The van der Waals surface area contributed by atoms with Crippen LogP contribution < -0.4 is 26.3 Å². The average Bonchev–Trinajstić information content (AvgIpc) is 2.96. The van der Waals surface area contributed by atoms with Gasteiger partial charge in [-0.1, -0.05) is 83.7 Å². The predicted molar refractivity (Wildman–Crippen MR) is 163 cm³/mol. The second-order valence-electron chi connectivity index (χ2n) is 9.38. The Balaban J connectivity index is 1.13. The summed E-state index contributed by atoms with van der Waals surface area (Å²) in [7, 11) is 1.04. The number of para-hydroxylation sites is 2. The van der Waals surface area contributed by atoms with Crippen LogP contribution in [-0.4, -0.2) is 33.7 Å². The minimum absolute atomic E-state index is 0.0878. The van der Waals surface area contributed by atoms with Gasteiger partial charge >= 0.3 is 15.0 Å². The molecular weight excluding hydrogens is 486 g/mol. The lowest BCUT2D eigenvalue weighted by Gasteiger charge is -2.17. The van der Waals surface area contributed by atoms with Crippen LogP contribution in [0.5, 0.6) is 5.75 Å². The Morgan fingerprint density at radius 3 is 1.54 bits per heavy atom. The fourth-order valence-electron chi connectivity index (χ4n) is 3.90. The molecule has 0 aliphatic carbocycles. The van der Waals surface area contributed by atoms with Crippen LogP contribution >= 0.6 is 0 Å². The average molecular weight is 522 g/mol. The van der Waals surface area contributed by atoms with E-state index in [0.717, 1.165) is 33.6 Å². The van der Waals surface area contributed by atoms with E-state index in [1.807, 2.05) is 106 Å². The van der Waals surface area contributed by atoms with Crippen molar-refractivity contribution in [3.63, 3.8) is 0 Å². The third-order valence-electron chi connectivity index (χ3n) is 6.02. The number of nitrogens with one attached hydrogen (secondary N) is 2. The van der Waals surface area contributed by atoms with E-state index in [-0.39, 0.29) is 18.7 Å². The van der Waals surface area contributed by atoms with E-state index >= 15 is 0 Å². The lowest BCUT2D eigenvalue weighted by atomic mass is 9.87. The predicted octanol–water partition coefficient (Wildman–Crippen LogP) is 4.53. The molecule has 39 heavy (non-hydrogen) atoms. The van der Waals surface area contributed by atoms with Gasteiger partial charge in [0.25, 0.3) is 0 Å². The molecule has 0 spiro atoms. The third-order valence-corrected chi connectivity index (χ3v) is 6.02. The van der Waals surface area contributed by atoms with Gasteiger partial charge in [0.1, 0.15) is 18.2 Å². The molecule has 0 heterocycles. The van der Waals surface area contributed by atoms with Crippen molar-refractivity contribution in [3.8, 4) is 5.75 Å². The lowest BCUT2D eigenvalue weighted by Crippen LogP contribution is -2.27. The molecule has 0 saturated heterocycles. The Hall–Kier alpha value is -3.71. The van der Waals surface area contributed by atoms with Crippen molar-refractivity contribution in [2.24, 2.45) is 0 Å². The van der Waals surface area contributed by atoms with Crippen LogP contribution in [0.1, 0.15) is 26.3 Å². The number of anilines is 2. The van der Waals surface area contributed by atoms with Crippen LogP contribution in [0.3, 0.4) is 0 Å². The SMILES string of the molecule is CC(Nc1ccccc1)OBc1ccc(COC(C)Oc2ccc(BOC(C)Nc3ccccc3)cc2)cc1. The Morgan fingerprint density at radius 2 is 1.05 bits per heavy atom. The van der Waals surface area contributed by atoms with Crippen LogP contribution in [0.4, 0.5) is 11.4 Å². The summed E-state index contributed by atoms with van der Waals surface area (Å²) in [6.45, 7) is 6.36. The molecule has 0 aliphatic rings. The Bertz CT molecular complexity index is 1230. The molecule has 4 aromatic carbocycles. The van der Waals surface area contributed by atoms with Crippen molar-refractivity contribution in [2.45, 2.75) is 46.1 Å². The topological polar surface area (TPSA) is 61.0 Å². The van der Waals surface area contributed by atoms with Crippen LogP contribution in [0, 0.1) is 0 Å². The molecule has 6 nitrogen and oxygen atoms in total. The highest BCUT2D eigenvalue weighted by Crippen LogP contribution is 2.13. The fourth-order valence-corrected chi connectivity index (χ4v) is 3.90. The fraction of sp³-hybridized carbons (Fsp3) is 0.226. The molecule has 0 saturated carbocycles. The van der Waals surface area contributed by atoms with Crippen LogP contribution in [-0.2, 0) is 20.7 Å². The summed E-state index contributed by atoms with van der Waals surface area (Å²) >= 11 is 0. The third kappa shape index (κ3) is 10.2. The van der Waals surface area contributed by atoms with E-state index in [1.165, 1.54) is 0 Å². The maximum Gasteiger partial charge on any atom is 0.311 e. The van der Waals surface area contributed by atoms with Gasteiger partial charge in [0.05, 0.1) is 6.61 Å². The van der Waals surface area contributed by atoms with Gasteiger partial charge in [-0.2, -0.15) is 0 Å². The van der Waals surface area contributed by atoms with Crippen molar-refractivity contribution in [1.82, 2.24) is 0 Å². The Kier molecular flexibility index (Phi) is 10.9. The first-order chi connectivity index (χ1) is 19.0. The first-order valence-electron chi connectivity index (χ1n) is 13.3. The van der Waals surface area contributed by atoms with Crippen molar-refractivity contribution in [3.05, 3.63) is 115 Å². The first-order valence-corrected chi connectivity index (χ1v) is 13.3. The molecule has 0 radical (unpaired) electrons. The standard InChI is InChI=1S/C31H36B2N2O4/c1-23(34-29-10-6-4-7-11-29)38-32-27-16-14-26(15-17-27)22-36-25(3)37-31-20-18-28(19-21-31)33-39-24(2)35-30-12-8-5-9-13-30/h4-21,23-25,32-35H,22H2,1-3H3. The molecule has 3 unspecified atom stereocenters. The minimum atomic E-state index is -0.380. The summed E-state index contributed by atoms with van der Waals surface area (Å²) in [6, 6.07) is 36.2. The van der Waals surface area contributed by atoms with Gasteiger partial charge < -0.3 is 29.4 Å². The molecule has 0 fully saturated rings. The number of hydrogen-bond acceptors (Lipinski definition) is 6. The van der Waals surface area contributed by atoms with Crippen LogP contribution in [0.15, 0.2) is 109 Å². The second kappa shape index (κ2) is 15.0. The summed E-state index contributed by atoms with van der Waals surface area (Å²) in [5.41, 5.74) is 5.34. The van der Waals surface area contributed by atoms with E-state index in [2.05, 4.69) is 34.9 Å². The summed E-state index contributed by atoms with van der Waals surface area (Å²) < 4.78 is 23.7. The molecule has 0 bridgehead atoms. The van der Waals surface area contributed by atoms with E-state index in [1.54, 1.807) is 0 Å². The molecule has 0 amide bonds. The molecule has 4 aromatic rings. The van der Waals surface area contributed by atoms with E-state index in [0.29, 0.717) is 21.6 Å². The number of benzene rings is 4. The van der Waals surface area contributed by atoms with Crippen molar-refractivity contribution >= 4 is 37.3 Å². The molecule has 0 aliphatic heterocycles. The molecule has 8 heteroatoms. The molecule has 3 atom stereocenters. The molecule has 2 N–H and O–H groups in total. The summed E-state index contributed by atoms with van der Waals surface area (Å²) in [5.74, 6) is 0.757. The van der Waals surface area contributed by atoms with Crippen LogP contribution in [0.2, 0.25) is 0 Å². The zero-order chi connectivity index (χ0) is 27.3. The number of hydrogen-bond donors (Lipinski definition) is 2. The van der Waals surface area contributed by atoms with Gasteiger partial charge in [-0.15, -0.1) is 0 Å². The van der Waals surface area contributed by atoms with Gasteiger partial charge in [0.2, 0.25) is 0 Å². The summed E-state index contributed by atoms with van der Waals surface area (Å²) in [6.07, 6.45) is -0.566. The quantitative estimate of drug-likeness (QED) is 0.177. The maximum atomic E-state index is 5.93.